The molecule has 0 saturated heterocycles. The van der Waals surface area contributed by atoms with Crippen LogP contribution in [0.15, 0.2) is 41.2 Å². The summed E-state index contributed by atoms with van der Waals surface area (Å²) in [4.78, 5) is 9.10. The van der Waals surface area contributed by atoms with Crippen LogP contribution in [0.4, 0.5) is 0 Å². The second-order valence-corrected chi connectivity index (χ2v) is 6.23. The van der Waals surface area contributed by atoms with Crippen LogP contribution in [0.2, 0.25) is 5.02 Å². The van der Waals surface area contributed by atoms with Gasteiger partial charge in [-0.1, -0.05) is 16.8 Å². The Morgan fingerprint density at radius 3 is 2.62 bits per heavy atom. The molecular weight excluding hydrogens is 324 g/mol. The second kappa shape index (κ2) is 5.46. The topological polar surface area (TPSA) is 56.7 Å². The summed E-state index contributed by atoms with van der Waals surface area (Å²) >= 11 is 6.10. The predicted octanol–water partition coefficient (Wildman–Crippen LogP) is 4.56. The van der Waals surface area contributed by atoms with Gasteiger partial charge in [-0.25, -0.2) is 4.98 Å². The highest BCUT2D eigenvalue weighted by molar-refractivity contribution is 6.31. The summed E-state index contributed by atoms with van der Waals surface area (Å²) < 4.78 is 7.29. The molecule has 3 heterocycles. The zero-order valence-corrected chi connectivity index (χ0v) is 14.3. The van der Waals surface area contributed by atoms with Crippen molar-refractivity contribution < 1.29 is 4.52 Å². The SMILES string of the molecule is Cc1noc(C)c1-c1cncc(-c2nc3ccc(Cl)cc3n2C)c1. The number of benzene rings is 1. The first-order chi connectivity index (χ1) is 11.5. The van der Waals surface area contributed by atoms with Gasteiger partial charge in [0.1, 0.15) is 11.6 Å². The zero-order chi connectivity index (χ0) is 16.8. The maximum Gasteiger partial charge on any atom is 0.142 e. The van der Waals surface area contributed by atoms with Gasteiger partial charge in [-0.15, -0.1) is 0 Å². The van der Waals surface area contributed by atoms with Crippen molar-refractivity contribution in [3.63, 3.8) is 0 Å². The Labute approximate surface area is 143 Å². The van der Waals surface area contributed by atoms with Crippen molar-refractivity contribution in [2.24, 2.45) is 7.05 Å². The molecule has 4 aromatic rings. The van der Waals surface area contributed by atoms with Crippen LogP contribution in [0.3, 0.4) is 0 Å². The summed E-state index contributed by atoms with van der Waals surface area (Å²) in [7, 11) is 1.98. The van der Waals surface area contributed by atoms with Gasteiger partial charge < -0.3 is 9.09 Å². The van der Waals surface area contributed by atoms with Gasteiger partial charge in [-0.2, -0.15) is 0 Å². The lowest BCUT2D eigenvalue weighted by Crippen LogP contribution is -1.94. The molecule has 24 heavy (non-hydrogen) atoms. The van der Waals surface area contributed by atoms with E-state index in [1.165, 1.54) is 0 Å². The van der Waals surface area contributed by atoms with E-state index in [0.29, 0.717) is 5.02 Å². The monoisotopic (exact) mass is 338 g/mol. The third kappa shape index (κ3) is 2.29. The first kappa shape index (κ1) is 14.9. The predicted molar refractivity (Wildman–Crippen MR) is 93.9 cm³/mol. The fourth-order valence-electron chi connectivity index (χ4n) is 3.02. The highest BCUT2D eigenvalue weighted by Gasteiger charge is 2.15. The number of fused-ring (bicyclic) bond motifs is 1. The van der Waals surface area contributed by atoms with Crippen molar-refractivity contribution in [3.05, 3.63) is 53.1 Å². The van der Waals surface area contributed by atoms with Gasteiger partial charge in [-0.05, 0) is 38.1 Å². The van der Waals surface area contributed by atoms with E-state index in [2.05, 4.69) is 16.2 Å². The van der Waals surface area contributed by atoms with Gasteiger partial charge in [0, 0.05) is 41.2 Å². The van der Waals surface area contributed by atoms with Crippen LogP contribution in [0.1, 0.15) is 11.5 Å². The van der Waals surface area contributed by atoms with E-state index in [-0.39, 0.29) is 0 Å². The molecule has 5 nitrogen and oxygen atoms in total. The molecule has 6 heteroatoms. The van der Waals surface area contributed by atoms with Crippen molar-refractivity contribution in [2.45, 2.75) is 13.8 Å². The Morgan fingerprint density at radius 2 is 1.88 bits per heavy atom. The molecule has 120 valence electrons. The molecule has 1 aromatic carbocycles. The van der Waals surface area contributed by atoms with Gasteiger partial charge in [-0.3, -0.25) is 4.98 Å². The summed E-state index contributed by atoms with van der Waals surface area (Å²) in [6, 6.07) is 7.74. The molecule has 0 spiro atoms. The Bertz CT molecular complexity index is 1040. The van der Waals surface area contributed by atoms with E-state index in [9.17, 15) is 0 Å². The van der Waals surface area contributed by atoms with Crippen LogP contribution in [0.5, 0.6) is 0 Å². The molecule has 0 radical (unpaired) electrons. The minimum atomic E-state index is 0.694. The molecule has 0 aliphatic rings. The fourth-order valence-corrected chi connectivity index (χ4v) is 3.18. The molecule has 0 aliphatic heterocycles. The average Bonchev–Trinajstić information content (AvgIpc) is 3.08. The number of halogens is 1. The smallest absolute Gasteiger partial charge is 0.142 e. The van der Waals surface area contributed by atoms with E-state index < -0.39 is 0 Å². The minimum Gasteiger partial charge on any atom is -0.361 e. The highest BCUT2D eigenvalue weighted by Crippen LogP contribution is 2.31. The standard InChI is InChI=1S/C18H15ClN4O/c1-10-17(11(2)24-22-10)12-6-13(9-20-8-12)18-21-15-5-4-14(19)7-16(15)23(18)3/h4-9H,1-3H3. The Morgan fingerprint density at radius 1 is 1.08 bits per heavy atom. The highest BCUT2D eigenvalue weighted by atomic mass is 35.5. The lowest BCUT2D eigenvalue weighted by atomic mass is 10.0. The minimum absolute atomic E-state index is 0.694. The molecule has 0 atom stereocenters. The van der Waals surface area contributed by atoms with Gasteiger partial charge in [0.2, 0.25) is 0 Å². The summed E-state index contributed by atoms with van der Waals surface area (Å²) in [6.07, 6.45) is 3.63. The Kier molecular flexibility index (Phi) is 3.39. The Balaban J connectivity index is 1.89. The first-order valence-electron chi connectivity index (χ1n) is 7.55. The fraction of sp³-hybridized carbons (Fsp3) is 0.167. The largest absolute Gasteiger partial charge is 0.361 e. The average molecular weight is 339 g/mol. The molecule has 0 N–H and O–H groups in total. The normalized spacial score (nSPS) is 11.3. The second-order valence-electron chi connectivity index (χ2n) is 5.79. The molecule has 4 rings (SSSR count). The maximum absolute atomic E-state index is 6.10. The van der Waals surface area contributed by atoms with Crippen molar-refractivity contribution >= 4 is 22.6 Å². The van der Waals surface area contributed by atoms with Crippen molar-refractivity contribution in [1.82, 2.24) is 19.7 Å². The quantitative estimate of drug-likeness (QED) is 0.537. The summed E-state index contributed by atoms with van der Waals surface area (Å²) in [5, 5.41) is 4.71. The van der Waals surface area contributed by atoms with Crippen LogP contribution < -0.4 is 0 Å². The van der Waals surface area contributed by atoms with Crippen LogP contribution in [-0.4, -0.2) is 19.7 Å². The molecule has 0 bridgehead atoms. The van der Waals surface area contributed by atoms with Crippen molar-refractivity contribution in [1.29, 1.82) is 0 Å². The summed E-state index contributed by atoms with van der Waals surface area (Å²) in [6.45, 7) is 3.83. The number of pyridine rings is 1. The number of hydrogen-bond donors (Lipinski definition) is 0. The van der Waals surface area contributed by atoms with Crippen LogP contribution >= 0.6 is 11.6 Å². The van der Waals surface area contributed by atoms with Gasteiger partial charge in [0.15, 0.2) is 0 Å². The number of hydrogen-bond acceptors (Lipinski definition) is 4. The van der Waals surface area contributed by atoms with Gasteiger partial charge >= 0.3 is 0 Å². The van der Waals surface area contributed by atoms with Gasteiger partial charge in [0.25, 0.3) is 0 Å². The number of aromatic nitrogens is 4. The first-order valence-corrected chi connectivity index (χ1v) is 7.93. The number of nitrogens with zero attached hydrogens (tertiary/aromatic N) is 4. The van der Waals surface area contributed by atoms with Crippen molar-refractivity contribution in [2.75, 3.05) is 0 Å². The third-order valence-corrected chi connectivity index (χ3v) is 4.40. The van der Waals surface area contributed by atoms with Crippen LogP contribution in [0, 0.1) is 13.8 Å². The Hall–Kier alpha value is -2.66. The van der Waals surface area contributed by atoms with Crippen LogP contribution in [0.25, 0.3) is 33.5 Å². The molecule has 0 amide bonds. The molecule has 0 fully saturated rings. The zero-order valence-electron chi connectivity index (χ0n) is 13.5. The van der Waals surface area contributed by atoms with E-state index in [1.807, 2.05) is 56.1 Å². The number of rotatable bonds is 2. The molecule has 0 unspecified atom stereocenters. The summed E-state index contributed by atoms with van der Waals surface area (Å²) in [5.41, 5.74) is 5.62. The number of imidazole rings is 1. The summed E-state index contributed by atoms with van der Waals surface area (Å²) in [5.74, 6) is 1.62. The lowest BCUT2D eigenvalue weighted by molar-refractivity contribution is 0.393. The van der Waals surface area contributed by atoms with Crippen molar-refractivity contribution in [3.8, 4) is 22.5 Å². The molecule has 3 aromatic heterocycles. The maximum atomic E-state index is 6.10. The lowest BCUT2D eigenvalue weighted by Gasteiger charge is -2.05. The van der Waals surface area contributed by atoms with E-state index in [1.54, 1.807) is 0 Å². The van der Waals surface area contributed by atoms with Crippen LogP contribution in [-0.2, 0) is 7.05 Å². The van der Waals surface area contributed by atoms with E-state index in [4.69, 9.17) is 21.1 Å². The molecule has 0 aliphatic carbocycles. The molecule has 0 saturated carbocycles. The number of aryl methyl sites for hydroxylation is 3. The molecular formula is C18H15ClN4O. The van der Waals surface area contributed by atoms with E-state index >= 15 is 0 Å². The van der Waals surface area contributed by atoms with E-state index in [0.717, 1.165) is 45.0 Å². The van der Waals surface area contributed by atoms with Gasteiger partial charge in [0.05, 0.1) is 16.7 Å². The third-order valence-electron chi connectivity index (χ3n) is 4.16.